The zero-order chi connectivity index (χ0) is 14.1. The molecule has 1 rings (SSSR count). The van der Waals surface area contributed by atoms with Crippen LogP contribution in [0.5, 0.6) is 0 Å². The van der Waals surface area contributed by atoms with Crippen molar-refractivity contribution in [3.8, 4) is 0 Å². The van der Waals surface area contributed by atoms with Gasteiger partial charge in [-0.1, -0.05) is 0 Å². The molecule has 100 valence electrons. The molecule has 6 heteroatoms. The van der Waals surface area contributed by atoms with Crippen LogP contribution in [0.2, 0.25) is 0 Å². The van der Waals surface area contributed by atoms with Crippen molar-refractivity contribution in [2.24, 2.45) is 5.41 Å². The Hall–Kier alpha value is -0.880. The first-order valence-corrected chi connectivity index (χ1v) is 7.00. The van der Waals surface area contributed by atoms with Crippen molar-refractivity contribution in [2.45, 2.75) is 33.2 Å². The van der Waals surface area contributed by atoms with Crippen molar-refractivity contribution in [3.05, 3.63) is 20.8 Å². The van der Waals surface area contributed by atoms with Gasteiger partial charge in [-0.2, -0.15) is 0 Å². The van der Waals surface area contributed by atoms with E-state index in [0.29, 0.717) is 4.88 Å². The summed E-state index contributed by atoms with van der Waals surface area (Å²) in [6, 6.07) is 3.49. The third kappa shape index (κ3) is 2.92. The largest absolute Gasteiger partial charge is 0.481 e. The lowest BCUT2D eigenvalue weighted by molar-refractivity contribution is -0.150. The molecule has 4 nitrogen and oxygen atoms in total. The summed E-state index contributed by atoms with van der Waals surface area (Å²) >= 11 is 4.60. The highest BCUT2D eigenvalue weighted by Crippen LogP contribution is 2.31. The number of thiophene rings is 1. The lowest BCUT2D eigenvalue weighted by Gasteiger charge is -2.38. The predicted molar refractivity (Wildman–Crippen MR) is 75.0 cm³/mol. The summed E-state index contributed by atoms with van der Waals surface area (Å²) in [5.41, 5.74) is -1.91. The number of carbonyl (C=O) groups excluding carboxylic acids is 1. The maximum absolute atomic E-state index is 12.0. The molecule has 0 aromatic carbocycles. The van der Waals surface area contributed by atoms with Crippen molar-refractivity contribution in [3.63, 3.8) is 0 Å². The maximum Gasteiger partial charge on any atom is 0.311 e. The van der Waals surface area contributed by atoms with E-state index in [1.54, 1.807) is 39.8 Å². The lowest BCUT2D eigenvalue weighted by Crippen LogP contribution is -2.56. The van der Waals surface area contributed by atoms with E-state index in [0.717, 1.165) is 3.79 Å². The van der Waals surface area contributed by atoms with Gasteiger partial charge in [0.1, 0.15) is 0 Å². The quantitative estimate of drug-likeness (QED) is 0.889. The second-order valence-corrected chi connectivity index (χ2v) is 7.58. The van der Waals surface area contributed by atoms with Crippen LogP contribution < -0.4 is 5.32 Å². The summed E-state index contributed by atoms with van der Waals surface area (Å²) in [5, 5.41) is 12.0. The van der Waals surface area contributed by atoms with Gasteiger partial charge in [-0.15, -0.1) is 11.3 Å². The number of halogens is 1. The molecule has 1 heterocycles. The summed E-state index contributed by atoms with van der Waals surface area (Å²) < 4.78 is 0.864. The summed E-state index contributed by atoms with van der Waals surface area (Å²) in [6.45, 7) is 6.61. The zero-order valence-electron chi connectivity index (χ0n) is 10.7. The Kier molecular flexibility index (Phi) is 4.23. The van der Waals surface area contributed by atoms with Gasteiger partial charge in [0.25, 0.3) is 5.91 Å². The third-order valence-electron chi connectivity index (χ3n) is 3.32. The Morgan fingerprint density at radius 1 is 1.28 bits per heavy atom. The van der Waals surface area contributed by atoms with E-state index in [2.05, 4.69) is 21.2 Å². The minimum Gasteiger partial charge on any atom is -0.481 e. The molecule has 0 unspecified atom stereocenters. The van der Waals surface area contributed by atoms with E-state index in [9.17, 15) is 14.7 Å². The fourth-order valence-electron chi connectivity index (χ4n) is 1.21. The molecule has 1 amide bonds. The van der Waals surface area contributed by atoms with Crippen LogP contribution in [0.15, 0.2) is 15.9 Å². The van der Waals surface area contributed by atoms with Gasteiger partial charge in [0.05, 0.1) is 19.6 Å². The standard InChI is InChI=1S/C12H16BrNO3S/c1-11(2,10(16)17)12(3,4)14-9(15)7-5-6-8(13)18-7/h5-6H,1-4H3,(H,14,15)(H,16,17). The van der Waals surface area contributed by atoms with Crippen LogP contribution >= 0.6 is 27.3 Å². The fourth-order valence-corrected chi connectivity index (χ4v) is 2.49. The number of hydrogen-bond donors (Lipinski definition) is 2. The normalized spacial score (nSPS) is 12.3. The van der Waals surface area contributed by atoms with Gasteiger partial charge in [0, 0.05) is 0 Å². The molecule has 0 radical (unpaired) electrons. The highest BCUT2D eigenvalue weighted by molar-refractivity contribution is 9.11. The number of amides is 1. The van der Waals surface area contributed by atoms with Gasteiger partial charge in [0.2, 0.25) is 0 Å². The van der Waals surface area contributed by atoms with Crippen LogP contribution in [0.4, 0.5) is 0 Å². The predicted octanol–water partition coefficient (Wildman–Crippen LogP) is 3.13. The highest BCUT2D eigenvalue weighted by atomic mass is 79.9. The van der Waals surface area contributed by atoms with Crippen LogP contribution in [0.1, 0.15) is 37.4 Å². The first kappa shape index (κ1) is 15.2. The van der Waals surface area contributed by atoms with E-state index < -0.39 is 16.9 Å². The minimum absolute atomic E-state index is 0.259. The minimum atomic E-state index is -1.06. The average molecular weight is 334 g/mol. The number of carbonyl (C=O) groups is 2. The summed E-state index contributed by atoms with van der Waals surface area (Å²) in [7, 11) is 0. The summed E-state index contributed by atoms with van der Waals surface area (Å²) in [4.78, 5) is 23.8. The SMILES string of the molecule is CC(C)(NC(=O)c1ccc(Br)s1)C(C)(C)C(=O)O. The Labute approximate surface area is 119 Å². The number of hydrogen-bond acceptors (Lipinski definition) is 3. The zero-order valence-corrected chi connectivity index (χ0v) is 13.1. The summed E-state index contributed by atoms with van der Waals surface area (Å²) in [6.07, 6.45) is 0. The van der Waals surface area contributed by atoms with Crippen molar-refractivity contribution >= 4 is 39.1 Å². The topological polar surface area (TPSA) is 66.4 Å². The molecular formula is C12H16BrNO3S. The van der Waals surface area contributed by atoms with Crippen LogP contribution in [-0.4, -0.2) is 22.5 Å². The van der Waals surface area contributed by atoms with Gasteiger partial charge < -0.3 is 10.4 Å². The van der Waals surface area contributed by atoms with E-state index in [-0.39, 0.29) is 5.91 Å². The summed E-state index contributed by atoms with van der Waals surface area (Å²) in [5.74, 6) is -1.20. The number of nitrogens with one attached hydrogen (secondary N) is 1. The maximum atomic E-state index is 12.0. The molecular weight excluding hydrogens is 318 g/mol. The van der Waals surface area contributed by atoms with Gasteiger partial charge in [0.15, 0.2) is 0 Å². The van der Waals surface area contributed by atoms with Gasteiger partial charge in [-0.25, -0.2) is 0 Å². The van der Waals surface area contributed by atoms with Gasteiger partial charge in [-0.05, 0) is 55.8 Å². The Balaban J connectivity index is 2.90. The monoisotopic (exact) mass is 333 g/mol. The molecule has 0 saturated heterocycles. The Bertz CT molecular complexity index is 479. The molecule has 1 aromatic heterocycles. The Morgan fingerprint density at radius 3 is 2.22 bits per heavy atom. The smallest absolute Gasteiger partial charge is 0.311 e. The van der Waals surface area contributed by atoms with Gasteiger partial charge >= 0.3 is 5.97 Å². The molecule has 0 atom stereocenters. The van der Waals surface area contributed by atoms with Crippen LogP contribution in [0.25, 0.3) is 0 Å². The molecule has 2 N–H and O–H groups in total. The first-order valence-electron chi connectivity index (χ1n) is 5.39. The van der Waals surface area contributed by atoms with Crippen molar-refractivity contribution in [2.75, 3.05) is 0 Å². The van der Waals surface area contributed by atoms with Crippen LogP contribution in [-0.2, 0) is 4.79 Å². The third-order valence-corrected chi connectivity index (χ3v) is 4.94. The Morgan fingerprint density at radius 2 is 1.83 bits per heavy atom. The first-order chi connectivity index (χ1) is 8.08. The molecule has 0 aliphatic carbocycles. The van der Waals surface area contributed by atoms with Crippen molar-refractivity contribution < 1.29 is 14.7 Å². The number of rotatable bonds is 4. The molecule has 1 aromatic rings. The number of carboxylic acids is 1. The van der Waals surface area contributed by atoms with E-state index in [4.69, 9.17) is 0 Å². The molecule has 0 aliphatic heterocycles. The highest BCUT2D eigenvalue weighted by Gasteiger charge is 2.44. The lowest BCUT2D eigenvalue weighted by atomic mass is 9.74. The fraction of sp³-hybridized carbons (Fsp3) is 0.500. The van der Waals surface area contributed by atoms with E-state index in [1.165, 1.54) is 11.3 Å². The van der Waals surface area contributed by atoms with E-state index >= 15 is 0 Å². The second kappa shape index (κ2) is 5.01. The molecule has 18 heavy (non-hydrogen) atoms. The molecule has 0 bridgehead atoms. The van der Waals surface area contributed by atoms with Crippen LogP contribution in [0, 0.1) is 5.41 Å². The van der Waals surface area contributed by atoms with E-state index in [1.807, 2.05) is 0 Å². The molecule has 0 spiro atoms. The molecule has 0 fully saturated rings. The molecule has 0 saturated carbocycles. The van der Waals surface area contributed by atoms with Gasteiger partial charge in [-0.3, -0.25) is 9.59 Å². The van der Waals surface area contributed by atoms with Crippen molar-refractivity contribution in [1.82, 2.24) is 5.32 Å². The molecule has 0 aliphatic rings. The number of carboxylic acid groups (broad SMARTS) is 1. The van der Waals surface area contributed by atoms with Crippen molar-refractivity contribution in [1.29, 1.82) is 0 Å². The number of aliphatic carboxylic acids is 1. The second-order valence-electron chi connectivity index (χ2n) is 5.11. The van der Waals surface area contributed by atoms with Crippen LogP contribution in [0.3, 0.4) is 0 Å². The average Bonchev–Trinajstić information content (AvgIpc) is 2.63.